The summed E-state index contributed by atoms with van der Waals surface area (Å²) in [6, 6.07) is 8.73. The molecule has 2 atom stereocenters. The van der Waals surface area contributed by atoms with E-state index < -0.39 is 6.41 Å². The lowest BCUT2D eigenvalue weighted by Gasteiger charge is -2.43. The molecule has 1 aromatic carbocycles. The molecule has 0 bridgehead atoms. The van der Waals surface area contributed by atoms with Crippen LogP contribution in [0.3, 0.4) is 0 Å². The van der Waals surface area contributed by atoms with E-state index in [0.29, 0.717) is 19.2 Å². The number of hydrogen-bond donors (Lipinski definition) is 2. The fourth-order valence-corrected chi connectivity index (χ4v) is 4.23. The zero-order valence-electron chi connectivity index (χ0n) is 13.5. The third-order valence-corrected chi connectivity index (χ3v) is 5.65. The summed E-state index contributed by atoms with van der Waals surface area (Å²) in [4.78, 5) is 2.11. The maximum Gasteiger partial charge on any atom is 0.216 e. The van der Waals surface area contributed by atoms with Crippen LogP contribution in [0, 0.1) is 0 Å². The number of nitrogens with zero attached hydrogens (tertiary/aromatic N) is 1. The molecule has 1 aliphatic carbocycles. The summed E-state index contributed by atoms with van der Waals surface area (Å²) in [5.74, 6) is 0. The lowest BCUT2D eigenvalue weighted by Crippen LogP contribution is -2.49. The number of hydrogen-bond acceptors (Lipinski definition) is 4. The number of ether oxygens (including phenoxy) is 1. The van der Waals surface area contributed by atoms with Gasteiger partial charge in [0.15, 0.2) is 0 Å². The predicted octanol–water partition coefficient (Wildman–Crippen LogP) is 2.90. The Bertz CT molecular complexity index is 511. The van der Waals surface area contributed by atoms with E-state index in [4.69, 9.17) is 22.1 Å². The van der Waals surface area contributed by atoms with Gasteiger partial charge in [0.1, 0.15) is 0 Å². The zero-order valence-corrected chi connectivity index (χ0v) is 15.0. The quantitative estimate of drug-likeness (QED) is 0.869. The first kappa shape index (κ1) is 19.0. The van der Waals surface area contributed by atoms with Crippen LogP contribution in [0.2, 0.25) is 5.02 Å². The van der Waals surface area contributed by atoms with E-state index in [1.54, 1.807) is 0 Å². The van der Waals surface area contributed by atoms with Crippen LogP contribution < -0.4 is 5.73 Å². The lowest BCUT2D eigenvalue weighted by atomic mass is 9.68. The molecule has 23 heavy (non-hydrogen) atoms. The molecule has 1 aromatic rings. The Kier molecular flexibility index (Phi) is 6.34. The molecule has 1 aliphatic heterocycles. The van der Waals surface area contributed by atoms with Gasteiger partial charge < -0.3 is 15.6 Å². The Morgan fingerprint density at radius 2 is 2.09 bits per heavy atom. The lowest BCUT2D eigenvalue weighted by molar-refractivity contribution is -0.153. The normalized spacial score (nSPS) is 35.0. The van der Waals surface area contributed by atoms with Crippen molar-refractivity contribution in [2.75, 3.05) is 13.2 Å². The van der Waals surface area contributed by atoms with Crippen LogP contribution in [0.5, 0.6) is 0 Å². The van der Waals surface area contributed by atoms with Crippen molar-refractivity contribution in [3.8, 4) is 0 Å². The Balaban J connectivity index is 0.00000192. The van der Waals surface area contributed by atoms with Crippen LogP contribution in [0.4, 0.5) is 0 Å². The first-order valence-electron chi connectivity index (χ1n) is 8.09. The van der Waals surface area contributed by atoms with E-state index >= 15 is 0 Å². The smallest absolute Gasteiger partial charge is 0.216 e. The topological polar surface area (TPSA) is 58.7 Å². The Morgan fingerprint density at radius 3 is 2.61 bits per heavy atom. The van der Waals surface area contributed by atoms with Gasteiger partial charge in [-0.25, -0.2) is 4.90 Å². The summed E-state index contributed by atoms with van der Waals surface area (Å²) < 4.78 is 5.35. The zero-order chi connectivity index (χ0) is 15.7. The second kappa shape index (κ2) is 7.68. The second-order valence-electron chi connectivity index (χ2n) is 6.68. The van der Waals surface area contributed by atoms with Gasteiger partial charge in [0.2, 0.25) is 6.41 Å². The summed E-state index contributed by atoms with van der Waals surface area (Å²) in [7, 11) is 0. The maximum atomic E-state index is 10.0. The summed E-state index contributed by atoms with van der Waals surface area (Å²) >= 11 is 6.15. The first-order chi connectivity index (χ1) is 10.6. The molecular formula is C17H26Cl2N2O2. The highest BCUT2D eigenvalue weighted by Gasteiger charge is 2.42. The van der Waals surface area contributed by atoms with Crippen molar-refractivity contribution in [2.24, 2.45) is 5.73 Å². The number of benzene rings is 1. The molecule has 4 nitrogen and oxygen atoms in total. The van der Waals surface area contributed by atoms with E-state index in [1.807, 2.05) is 18.2 Å². The van der Waals surface area contributed by atoms with Crippen LogP contribution >= 0.6 is 24.0 Å². The third-order valence-electron chi connectivity index (χ3n) is 5.41. The molecule has 1 unspecified atom stereocenters. The number of aliphatic hydroxyl groups excluding tert-OH is 1. The first-order valence-corrected chi connectivity index (χ1v) is 8.47. The Hall–Kier alpha value is -0.360. The van der Waals surface area contributed by atoms with E-state index in [9.17, 15) is 5.11 Å². The van der Waals surface area contributed by atoms with Crippen molar-refractivity contribution in [1.82, 2.24) is 4.90 Å². The molecule has 130 valence electrons. The third kappa shape index (κ3) is 3.68. The van der Waals surface area contributed by atoms with Gasteiger partial charge in [0, 0.05) is 29.1 Å². The van der Waals surface area contributed by atoms with Gasteiger partial charge in [-0.15, -0.1) is 12.4 Å². The molecule has 1 saturated heterocycles. The molecule has 6 heteroatoms. The molecule has 0 spiro atoms. The van der Waals surface area contributed by atoms with Gasteiger partial charge in [0.05, 0.1) is 6.61 Å². The summed E-state index contributed by atoms with van der Waals surface area (Å²) in [5, 5.41) is 10.8. The summed E-state index contributed by atoms with van der Waals surface area (Å²) in [6.07, 6.45) is 3.33. The maximum absolute atomic E-state index is 10.0. The minimum atomic E-state index is -0.753. The Morgan fingerprint density at radius 1 is 1.39 bits per heavy atom. The molecule has 0 amide bonds. The minimum absolute atomic E-state index is 0. The van der Waals surface area contributed by atoms with Crippen molar-refractivity contribution in [1.29, 1.82) is 0 Å². The molecule has 3 rings (SSSR count). The van der Waals surface area contributed by atoms with Crippen LogP contribution in [0.25, 0.3) is 0 Å². The standard InChI is InChI=1S/C17H25ClN2O2.ClH/c1-12-10-22-16(21)20(12)15-5-7-17(11-19,8-6-15)13-3-2-4-14(18)9-13;/h2-4,9,12,15-16,21H,5-8,10-11,19H2,1H3;1H/t12-,15?,16?,17?;/m1./s1. The molecule has 0 radical (unpaired) electrons. The van der Waals surface area contributed by atoms with Crippen LogP contribution in [-0.4, -0.2) is 41.7 Å². The average Bonchev–Trinajstić information content (AvgIpc) is 2.86. The highest BCUT2D eigenvalue weighted by molar-refractivity contribution is 6.30. The van der Waals surface area contributed by atoms with E-state index in [0.717, 1.165) is 30.7 Å². The van der Waals surface area contributed by atoms with Gasteiger partial charge in [0.25, 0.3) is 0 Å². The number of halogens is 2. The van der Waals surface area contributed by atoms with Crippen molar-refractivity contribution < 1.29 is 9.84 Å². The van der Waals surface area contributed by atoms with E-state index in [2.05, 4.69) is 17.9 Å². The van der Waals surface area contributed by atoms with Gasteiger partial charge >= 0.3 is 0 Å². The summed E-state index contributed by atoms with van der Waals surface area (Å²) in [6.45, 7) is 3.35. The molecule has 1 heterocycles. The van der Waals surface area contributed by atoms with Gasteiger partial charge in [-0.2, -0.15) is 0 Å². The van der Waals surface area contributed by atoms with Crippen molar-refractivity contribution in [2.45, 2.75) is 56.5 Å². The number of nitrogens with two attached hydrogens (primary N) is 1. The predicted molar refractivity (Wildman–Crippen MR) is 94.9 cm³/mol. The van der Waals surface area contributed by atoms with Gasteiger partial charge in [-0.3, -0.25) is 0 Å². The largest absolute Gasteiger partial charge is 0.356 e. The SMILES string of the molecule is C[C@@H]1COC(O)N1C1CCC(CN)(c2cccc(Cl)c2)CC1.Cl. The highest BCUT2D eigenvalue weighted by Crippen LogP contribution is 2.42. The van der Waals surface area contributed by atoms with Crippen LogP contribution in [-0.2, 0) is 10.2 Å². The molecule has 2 aliphatic rings. The molecule has 3 N–H and O–H groups in total. The highest BCUT2D eigenvalue weighted by atomic mass is 35.5. The van der Waals surface area contributed by atoms with Crippen LogP contribution in [0.15, 0.2) is 24.3 Å². The second-order valence-corrected chi connectivity index (χ2v) is 7.12. The van der Waals surface area contributed by atoms with Crippen molar-refractivity contribution >= 4 is 24.0 Å². The van der Waals surface area contributed by atoms with E-state index in [1.165, 1.54) is 5.56 Å². The fourth-order valence-electron chi connectivity index (χ4n) is 4.04. The molecule has 1 saturated carbocycles. The average molecular weight is 361 g/mol. The molecular weight excluding hydrogens is 335 g/mol. The fraction of sp³-hybridized carbons (Fsp3) is 0.647. The monoisotopic (exact) mass is 360 g/mol. The minimum Gasteiger partial charge on any atom is -0.356 e. The molecule has 2 fully saturated rings. The Labute approximate surface area is 149 Å². The molecule has 0 aromatic heterocycles. The van der Waals surface area contributed by atoms with Gasteiger partial charge in [-0.1, -0.05) is 23.7 Å². The van der Waals surface area contributed by atoms with E-state index in [-0.39, 0.29) is 23.9 Å². The van der Waals surface area contributed by atoms with Crippen molar-refractivity contribution in [3.05, 3.63) is 34.9 Å². The van der Waals surface area contributed by atoms with Crippen molar-refractivity contribution in [3.63, 3.8) is 0 Å². The van der Waals surface area contributed by atoms with Gasteiger partial charge in [-0.05, 0) is 50.3 Å². The van der Waals surface area contributed by atoms with Crippen LogP contribution in [0.1, 0.15) is 38.2 Å². The summed E-state index contributed by atoms with van der Waals surface area (Å²) in [5.41, 5.74) is 7.40. The number of rotatable bonds is 3. The number of aliphatic hydroxyl groups is 1.